The first-order valence-electron chi connectivity index (χ1n) is 10.5. The number of esters is 1. The van der Waals surface area contributed by atoms with Crippen LogP contribution in [-0.4, -0.2) is 46.7 Å². The third-order valence-corrected chi connectivity index (χ3v) is 5.78. The van der Waals surface area contributed by atoms with Crippen LogP contribution < -0.4 is 5.32 Å². The van der Waals surface area contributed by atoms with Crippen LogP contribution in [0, 0.1) is 5.92 Å². The van der Waals surface area contributed by atoms with Gasteiger partial charge in [0.15, 0.2) is 0 Å². The molecule has 8 heteroatoms. The van der Waals surface area contributed by atoms with Gasteiger partial charge in [0, 0.05) is 36.6 Å². The van der Waals surface area contributed by atoms with Crippen molar-refractivity contribution in [2.75, 3.05) is 19.7 Å². The van der Waals surface area contributed by atoms with Crippen molar-refractivity contribution in [1.82, 2.24) is 20.4 Å². The SMILES string of the molecule is CCOC(=O)c1[nH]ncc1CN1CCC[C@@H](CCC(=O)NCc2ccccc2Cl)C1. The molecule has 2 heterocycles. The van der Waals surface area contributed by atoms with Gasteiger partial charge in [-0.1, -0.05) is 29.8 Å². The summed E-state index contributed by atoms with van der Waals surface area (Å²) in [5.74, 6) is 0.142. The molecule has 0 unspecified atom stereocenters. The van der Waals surface area contributed by atoms with E-state index in [0.29, 0.717) is 42.8 Å². The molecular formula is C22H29ClN4O3. The molecule has 0 radical (unpaired) electrons. The fourth-order valence-electron chi connectivity index (χ4n) is 3.84. The smallest absolute Gasteiger partial charge is 0.356 e. The van der Waals surface area contributed by atoms with Gasteiger partial charge in [0.1, 0.15) is 5.69 Å². The van der Waals surface area contributed by atoms with Gasteiger partial charge >= 0.3 is 5.97 Å². The first-order valence-corrected chi connectivity index (χ1v) is 10.9. The Balaban J connectivity index is 1.44. The fraction of sp³-hybridized carbons (Fsp3) is 0.500. The molecule has 1 fully saturated rings. The molecule has 2 N–H and O–H groups in total. The van der Waals surface area contributed by atoms with Crippen molar-refractivity contribution in [2.24, 2.45) is 5.92 Å². The van der Waals surface area contributed by atoms with Crippen LogP contribution >= 0.6 is 11.6 Å². The summed E-state index contributed by atoms with van der Waals surface area (Å²) >= 11 is 6.14. The van der Waals surface area contributed by atoms with E-state index in [1.165, 1.54) is 0 Å². The van der Waals surface area contributed by atoms with Crippen molar-refractivity contribution in [3.05, 3.63) is 52.3 Å². The van der Waals surface area contributed by atoms with E-state index in [2.05, 4.69) is 20.4 Å². The Morgan fingerprint density at radius 2 is 2.17 bits per heavy atom. The summed E-state index contributed by atoms with van der Waals surface area (Å²) < 4.78 is 5.08. The lowest BCUT2D eigenvalue weighted by Gasteiger charge is -2.32. The van der Waals surface area contributed by atoms with E-state index in [0.717, 1.165) is 43.5 Å². The van der Waals surface area contributed by atoms with Gasteiger partial charge in [-0.3, -0.25) is 14.8 Å². The lowest BCUT2D eigenvalue weighted by molar-refractivity contribution is -0.121. The minimum absolute atomic E-state index is 0.0477. The number of hydrogen-bond acceptors (Lipinski definition) is 5. The second kappa shape index (κ2) is 11.1. The van der Waals surface area contributed by atoms with Gasteiger partial charge in [0.05, 0.1) is 12.8 Å². The number of halogens is 1. The predicted molar refractivity (Wildman–Crippen MR) is 115 cm³/mol. The summed E-state index contributed by atoms with van der Waals surface area (Å²) in [6, 6.07) is 7.54. The number of likely N-dealkylation sites (tertiary alicyclic amines) is 1. The molecule has 3 rings (SSSR count). The Hall–Kier alpha value is -2.38. The second-order valence-corrected chi connectivity index (χ2v) is 8.05. The van der Waals surface area contributed by atoms with Gasteiger partial charge in [0.25, 0.3) is 0 Å². The molecule has 1 aliphatic heterocycles. The van der Waals surface area contributed by atoms with E-state index in [-0.39, 0.29) is 11.9 Å². The molecule has 1 aromatic heterocycles. The zero-order chi connectivity index (χ0) is 21.3. The Morgan fingerprint density at radius 1 is 1.33 bits per heavy atom. The lowest BCUT2D eigenvalue weighted by Crippen LogP contribution is -2.36. The zero-order valence-corrected chi connectivity index (χ0v) is 18.1. The number of ether oxygens (including phenoxy) is 1. The normalized spacial score (nSPS) is 16.9. The van der Waals surface area contributed by atoms with Gasteiger partial charge in [-0.2, -0.15) is 5.10 Å². The third kappa shape index (κ3) is 6.31. The monoisotopic (exact) mass is 432 g/mol. The number of carbonyl (C=O) groups is 2. The van der Waals surface area contributed by atoms with E-state index in [1.54, 1.807) is 13.1 Å². The van der Waals surface area contributed by atoms with Gasteiger partial charge in [-0.05, 0) is 50.3 Å². The van der Waals surface area contributed by atoms with Gasteiger partial charge in [-0.25, -0.2) is 4.79 Å². The largest absolute Gasteiger partial charge is 0.461 e. The van der Waals surface area contributed by atoms with Crippen molar-refractivity contribution in [1.29, 1.82) is 0 Å². The molecule has 1 amide bonds. The molecule has 30 heavy (non-hydrogen) atoms. The molecule has 1 atom stereocenters. The molecule has 162 valence electrons. The topological polar surface area (TPSA) is 87.3 Å². The third-order valence-electron chi connectivity index (χ3n) is 5.41. The average molecular weight is 433 g/mol. The number of aromatic nitrogens is 2. The van der Waals surface area contributed by atoms with Crippen LogP contribution in [0.5, 0.6) is 0 Å². The number of aromatic amines is 1. The zero-order valence-electron chi connectivity index (χ0n) is 17.3. The summed E-state index contributed by atoms with van der Waals surface area (Å²) in [6.45, 7) is 5.11. The van der Waals surface area contributed by atoms with E-state index >= 15 is 0 Å². The highest BCUT2D eigenvalue weighted by molar-refractivity contribution is 6.31. The van der Waals surface area contributed by atoms with E-state index in [4.69, 9.17) is 16.3 Å². The van der Waals surface area contributed by atoms with Crippen LogP contribution in [0.25, 0.3) is 0 Å². The van der Waals surface area contributed by atoms with Crippen LogP contribution in [0.15, 0.2) is 30.5 Å². The van der Waals surface area contributed by atoms with Crippen LogP contribution in [0.4, 0.5) is 0 Å². The average Bonchev–Trinajstić information content (AvgIpc) is 3.20. The highest BCUT2D eigenvalue weighted by atomic mass is 35.5. The number of nitrogens with zero attached hydrogens (tertiary/aromatic N) is 2. The Labute approximate surface area is 182 Å². The van der Waals surface area contributed by atoms with Crippen LogP contribution in [0.2, 0.25) is 5.02 Å². The standard InChI is InChI=1S/C22H29ClN4O3/c1-2-30-22(29)21-18(13-25-26-21)15-27-11-5-6-16(14-27)9-10-20(28)24-12-17-7-3-4-8-19(17)23/h3-4,7-8,13,16H,2,5-6,9-12,14-15H2,1H3,(H,24,28)(H,25,26)/t16-/m0/s1. The fourth-order valence-corrected chi connectivity index (χ4v) is 4.04. The summed E-state index contributed by atoms with van der Waals surface area (Å²) in [6.07, 6.45) is 5.24. The first-order chi connectivity index (χ1) is 14.6. The lowest BCUT2D eigenvalue weighted by atomic mass is 9.93. The molecule has 0 saturated carbocycles. The van der Waals surface area contributed by atoms with Crippen molar-refractivity contribution in [3.8, 4) is 0 Å². The summed E-state index contributed by atoms with van der Waals surface area (Å²) in [4.78, 5) is 26.6. The maximum Gasteiger partial charge on any atom is 0.356 e. The number of rotatable bonds is 9. The predicted octanol–water partition coefficient (Wildman–Crippen LogP) is 3.55. The Kier molecular flexibility index (Phi) is 8.28. The van der Waals surface area contributed by atoms with E-state index in [9.17, 15) is 9.59 Å². The van der Waals surface area contributed by atoms with Crippen molar-refractivity contribution in [3.63, 3.8) is 0 Å². The number of carbonyl (C=O) groups excluding carboxylic acids is 2. The summed E-state index contributed by atoms with van der Waals surface area (Å²) in [7, 11) is 0. The number of benzene rings is 1. The van der Waals surface area contributed by atoms with Crippen LogP contribution in [-0.2, 0) is 22.6 Å². The first kappa shape index (κ1) is 22.3. The van der Waals surface area contributed by atoms with Crippen LogP contribution in [0.1, 0.15) is 54.2 Å². The van der Waals surface area contributed by atoms with Gasteiger partial charge in [-0.15, -0.1) is 0 Å². The quantitative estimate of drug-likeness (QED) is 0.591. The molecule has 1 aliphatic rings. The van der Waals surface area contributed by atoms with Crippen LogP contribution in [0.3, 0.4) is 0 Å². The maximum atomic E-state index is 12.3. The van der Waals surface area contributed by atoms with Crippen molar-refractivity contribution in [2.45, 2.75) is 45.7 Å². The second-order valence-electron chi connectivity index (χ2n) is 7.64. The summed E-state index contributed by atoms with van der Waals surface area (Å²) in [5.41, 5.74) is 2.21. The number of amides is 1. The van der Waals surface area contributed by atoms with Gasteiger partial charge < -0.3 is 10.1 Å². The number of nitrogens with one attached hydrogen (secondary N) is 2. The molecule has 2 aromatic rings. The molecule has 7 nitrogen and oxygen atoms in total. The number of H-pyrrole nitrogens is 1. The molecule has 0 bridgehead atoms. The maximum absolute atomic E-state index is 12.3. The van der Waals surface area contributed by atoms with Crippen molar-refractivity contribution < 1.29 is 14.3 Å². The minimum atomic E-state index is -0.367. The molecule has 0 aliphatic carbocycles. The van der Waals surface area contributed by atoms with Gasteiger partial charge in [0.2, 0.25) is 5.91 Å². The number of hydrogen-bond donors (Lipinski definition) is 2. The molecule has 1 aromatic carbocycles. The molecule has 1 saturated heterocycles. The highest BCUT2D eigenvalue weighted by Gasteiger charge is 2.23. The summed E-state index contributed by atoms with van der Waals surface area (Å²) in [5, 5.41) is 10.4. The number of piperidine rings is 1. The molecule has 0 spiro atoms. The molecular weight excluding hydrogens is 404 g/mol. The highest BCUT2D eigenvalue weighted by Crippen LogP contribution is 2.23. The van der Waals surface area contributed by atoms with E-state index < -0.39 is 0 Å². The van der Waals surface area contributed by atoms with Crippen molar-refractivity contribution >= 4 is 23.5 Å². The van der Waals surface area contributed by atoms with E-state index in [1.807, 2.05) is 24.3 Å². The minimum Gasteiger partial charge on any atom is -0.461 e. The Bertz CT molecular complexity index is 854. The Morgan fingerprint density at radius 3 is 2.97 bits per heavy atom.